The highest BCUT2D eigenvalue weighted by Gasteiger charge is 2.32. The monoisotopic (exact) mass is 381 g/mol. The molecule has 1 saturated carbocycles. The summed E-state index contributed by atoms with van der Waals surface area (Å²) in [5.41, 5.74) is 1.97. The van der Waals surface area contributed by atoms with E-state index in [1.165, 1.54) is 6.07 Å². The number of carbonyl (C=O) groups excluding carboxylic acids is 1. The second kappa shape index (κ2) is 7.50. The highest BCUT2D eigenvalue weighted by molar-refractivity contribution is 5.96. The first-order chi connectivity index (χ1) is 13.6. The van der Waals surface area contributed by atoms with Crippen molar-refractivity contribution in [3.8, 4) is 5.75 Å². The molecule has 0 radical (unpaired) electrons. The minimum absolute atomic E-state index is 0.0242. The molecule has 7 nitrogen and oxygen atoms in total. The van der Waals surface area contributed by atoms with Crippen LogP contribution in [0.25, 0.3) is 0 Å². The largest absolute Gasteiger partial charge is 0.497 e. The molecule has 1 saturated heterocycles. The smallest absolute Gasteiger partial charge is 0.293 e. The fraction of sp³-hybridized carbons (Fsp3) is 0.381. The summed E-state index contributed by atoms with van der Waals surface area (Å²) >= 11 is 0. The molecule has 2 aliphatic rings. The Hall–Kier alpha value is -3.09. The van der Waals surface area contributed by atoms with Crippen LogP contribution in [-0.2, 0) is 0 Å². The lowest BCUT2D eigenvalue weighted by molar-refractivity contribution is -0.384. The number of nitrogens with one attached hydrogen (secondary N) is 1. The van der Waals surface area contributed by atoms with E-state index in [9.17, 15) is 14.9 Å². The first kappa shape index (κ1) is 18.3. The van der Waals surface area contributed by atoms with Crippen LogP contribution in [-0.4, -0.2) is 30.5 Å². The third-order valence-electron chi connectivity index (χ3n) is 5.41. The van der Waals surface area contributed by atoms with E-state index < -0.39 is 4.92 Å². The minimum Gasteiger partial charge on any atom is -0.497 e. The van der Waals surface area contributed by atoms with Gasteiger partial charge in [-0.3, -0.25) is 14.9 Å². The van der Waals surface area contributed by atoms with Crippen LogP contribution in [0.2, 0.25) is 0 Å². The molecule has 1 atom stereocenters. The summed E-state index contributed by atoms with van der Waals surface area (Å²) in [6, 6.07) is 12.9. The van der Waals surface area contributed by atoms with Gasteiger partial charge in [0.05, 0.1) is 18.1 Å². The Morgan fingerprint density at radius 3 is 2.57 bits per heavy atom. The van der Waals surface area contributed by atoms with Crippen molar-refractivity contribution in [2.75, 3.05) is 18.6 Å². The second-order valence-corrected chi connectivity index (χ2v) is 7.33. The number of hydrogen-bond acceptors (Lipinski definition) is 5. The van der Waals surface area contributed by atoms with Gasteiger partial charge < -0.3 is 15.0 Å². The number of hydrogen-bond donors (Lipinski definition) is 1. The molecular formula is C21H23N3O4. The van der Waals surface area contributed by atoms with Gasteiger partial charge in [0.1, 0.15) is 11.4 Å². The van der Waals surface area contributed by atoms with Crippen molar-refractivity contribution < 1.29 is 14.5 Å². The zero-order valence-electron chi connectivity index (χ0n) is 15.8. The SMILES string of the molecule is COc1ccc(C2CCCN2c2ccc(C(=O)NC3CC3)cc2[N+](=O)[O-])cc1. The Balaban J connectivity index is 1.64. The summed E-state index contributed by atoms with van der Waals surface area (Å²) < 4.78 is 5.22. The molecule has 2 aromatic rings. The predicted molar refractivity (Wildman–Crippen MR) is 106 cm³/mol. The van der Waals surface area contributed by atoms with Gasteiger partial charge in [-0.2, -0.15) is 0 Å². The van der Waals surface area contributed by atoms with E-state index in [-0.39, 0.29) is 23.7 Å². The van der Waals surface area contributed by atoms with Gasteiger partial charge in [0, 0.05) is 24.2 Å². The van der Waals surface area contributed by atoms with Crippen molar-refractivity contribution in [1.29, 1.82) is 0 Å². The molecule has 0 aromatic heterocycles. The van der Waals surface area contributed by atoms with Crippen molar-refractivity contribution in [3.63, 3.8) is 0 Å². The normalized spacial score (nSPS) is 18.8. The lowest BCUT2D eigenvalue weighted by Gasteiger charge is -2.27. The zero-order valence-corrected chi connectivity index (χ0v) is 15.8. The van der Waals surface area contributed by atoms with Gasteiger partial charge in [-0.15, -0.1) is 0 Å². The number of ether oxygens (including phenoxy) is 1. The van der Waals surface area contributed by atoms with Crippen molar-refractivity contribution in [1.82, 2.24) is 5.32 Å². The molecule has 1 heterocycles. The van der Waals surface area contributed by atoms with Crippen LogP contribution in [0.5, 0.6) is 5.75 Å². The molecule has 1 N–H and O–H groups in total. The maximum Gasteiger partial charge on any atom is 0.293 e. The van der Waals surface area contributed by atoms with E-state index in [4.69, 9.17) is 4.74 Å². The summed E-state index contributed by atoms with van der Waals surface area (Å²) in [4.78, 5) is 25.7. The van der Waals surface area contributed by atoms with E-state index in [0.29, 0.717) is 11.3 Å². The number of amides is 1. The Morgan fingerprint density at radius 2 is 1.93 bits per heavy atom. The van der Waals surface area contributed by atoms with Crippen LogP contribution in [0.1, 0.15) is 47.6 Å². The van der Waals surface area contributed by atoms with E-state index >= 15 is 0 Å². The molecule has 1 aliphatic heterocycles. The molecule has 0 spiro atoms. The van der Waals surface area contributed by atoms with E-state index in [0.717, 1.165) is 43.5 Å². The second-order valence-electron chi connectivity index (χ2n) is 7.33. The van der Waals surface area contributed by atoms with Crippen LogP contribution in [0.3, 0.4) is 0 Å². The molecule has 1 aliphatic carbocycles. The van der Waals surface area contributed by atoms with Crippen LogP contribution < -0.4 is 15.0 Å². The van der Waals surface area contributed by atoms with Crippen LogP contribution >= 0.6 is 0 Å². The molecular weight excluding hydrogens is 358 g/mol. The number of nitro groups is 1. The third-order valence-corrected chi connectivity index (χ3v) is 5.41. The van der Waals surface area contributed by atoms with E-state index in [2.05, 4.69) is 10.2 Å². The van der Waals surface area contributed by atoms with Gasteiger partial charge >= 0.3 is 0 Å². The summed E-state index contributed by atoms with van der Waals surface area (Å²) in [5, 5.41) is 14.6. The molecule has 2 aromatic carbocycles. The zero-order chi connectivity index (χ0) is 19.7. The van der Waals surface area contributed by atoms with Crippen molar-refractivity contribution in [2.24, 2.45) is 0 Å². The molecule has 1 amide bonds. The van der Waals surface area contributed by atoms with Gasteiger partial charge in [0.2, 0.25) is 0 Å². The lowest BCUT2D eigenvalue weighted by Crippen LogP contribution is -2.26. The Morgan fingerprint density at radius 1 is 1.18 bits per heavy atom. The standard InChI is InChI=1S/C21H23N3O4/c1-28-17-9-4-14(5-10-17)18-3-2-12-23(18)19-11-6-15(13-20(19)24(26)27)21(25)22-16-7-8-16/h4-6,9-11,13,16,18H,2-3,7-8,12H2,1H3,(H,22,25). The van der Waals surface area contributed by atoms with Gasteiger partial charge in [-0.25, -0.2) is 0 Å². The van der Waals surface area contributed by atoms with Crippen molar-refractivity contribution in [2.45, 2.75) is 37.8 Å². The average Bonchev–Trinajstić information content (AvgIpc) is 3.39. The minimum atomic E-state index is -0.396. The molecule has 146 valence electrons. The molecule has 28 heavy (non-hydrogen) atoms. The molecule has 0 bridgehead atoms. The van der Waals surface area contributed by atoms with Crippen LogP contribution in [0, 0.1) is 10.1 Å². The number of nitrogens with zero attached hydrogens (tertiary/aromatic N) is 2. The average molecular weight is 381 g/mol. The number of benzene rings is 2. The molecule has 1 unspecified atom stereocenters. The van der Waals surface area contributed by atoms with Crippen molar-refractivity contribution in [3.05, 3.63) is 63.7 Å². The van der Waals surface area contributed by atoms with Gasteiger partial charge in [0.15, 0.2) is 0 Å². The quantitative estimate of drug-likeness (QED) is 0.607. The Bertz CT molecular complexity index is 893. The number of rotatable bonds is 6. The van der Waals surface area contributed by atoms with Gasteiger partial charge in [0.25, 0.3) is 11.6 Å². The van der Waals surface area contributed by atoms with Crippen LogP contribution in [0.4, 0.5) is 11.4 Å². The first-order valence-corrected chi connectivity index (χ1v) is 9.56. The number of carbonyl (C=O) groups is 1. The number of methoxy groups -OCH3 is 1. The fourth-order valence-corrected chi connectivity index (χ4v) is 3.78. The van der Waals surface area contributed by atoms with E-state index in [1.807, 2.05) is 24.3 Å². The predicted octanol–water partition coefficient (Wildman–Crippen LogP) is 3.84. The molecule has 7 heteroatoms. The highest BCUT2D eigenvalue weighted by Crippen LogP contribution is 2.41. The summed E-state index contributed by atoms with van der Waals surface area (Å²) in [7, 11) is 1.63. The van der Waals surface area contributed by atoms with Crippen LogP contribution in [0.15, 0.2) is 42.5 Å². The summed E-state index contributed by atoms with van der Waals surface area (Å²) in [6.07, 6.45) is 3.83. The number of nitro benzene ring substituents is 1. The van der Waals surface area contributed by atoms with Crippen molar-refractivity contribution >= 4 is 17.3 Å². The highest BCUT2D eigenvalue weighted by atomic mass is 16.6. The maximum absolute atomic E-state index is 12.3. The Labute approximate surface area is 163 Å². The third kappa shape index (κ3) is 3.65. The molecule has 2 fully saturated rings. The van der Waals surface area contributed by atoms with E-state index in [1.54, 1.807) is 19.2 Å². The summed E-state index contributed by atoms with van der Waals surface area (Å²) in [6.45, 7) is 0.741. The molecule has 4 rings (SSSR count). The summed E-state index contributed by atoms with van der Waals surface area (Å²) in [5.74, 6) is 0.538. The first-order valence-electron chi connectivity index (χ1n) is 9.56. The maximum atomic E-state index is 12.3. The van der Waals surface area contributed by atoms with Gasteiger partial charge in [-0.1, -0.05) is 12.1 Å². The topological polar surface area (TPSA) is 84.7 Å². The lowest BCUT2D eigenvalue weighted by atomic mass is 10.0. The Kier molecular flexibility index (Phi) is 4.90. The fourth-order valence-electron chi connectivity index (χ4n) is 3.78. The van der Waals surface area contributed by atoms with Gasteiger partial charge in [-0.05, 0) is 55.5 Å². The number of anilines is 1.